The third-order valence-electron chi connectivity index (χ3n) is 3.63. The summed E-state index contributed by atoms with van der Waals surface area (Å²) in [5.41, 5.74) is 1.27. The van der Waals surface area contributed by atoms with Gasteiger partial charge in [0, 0.05) is 43.5 Å². The number of likely N-dealkylation sites (N-methyl/N-ethyl adjacent to an activating group) is 1. The molecule has 1 heterocycles. The average molecular weight is 269 g/mol. The van der Waals surface area contributed by atoms with Gasteiger partial charge in [0.1, 0.15) is 0 Å². The Morgan fingerprint density at radius 3 is 2.78 bits per heavy atom. The summed E-state index contributed by atoms with van der Waals surface area (Å²) < 4.78 is 5.13. The second-order valence-corrected chi connectivity index (χ2v) is 5.27. The van der Waals surface area contributed by atoms with Gasteiger partial charge in [0.2, 0.25) is 0 Å². The Bertz CT molecular complexity index is 369. The molecule has 0 bridgehead atoms. The first-order chi connectivity index (χ1) is 8.70. The number of hydrogen-bond donors (Lipinski definition) is 0. The van der Waals surface area contributed by atoms with Crippen LogP contribution in [0.1, 0.15) is 6.42 Å². The van der Waals surface area contributed by atoms with E-state index in [-0.39, 0.29) is 0 Å². The van der Waals surface area contributed by atoms with Crippen molar-refractivity contribution in [2.24, 2.45) is 0 Å². The van der Waals surface area contributed by atoms with Crippen LogP contribution in [0.4, 0.5) is 5.69 Å². The van der Waals surface area contributed by atoms with Crippen LogP contribution < -0.4 is 4.90 Å². The van der Waals surface area contributed by atoms with E-state index in [0.717, 1.165) is 31.3 Å². The van der Waals surface area contributed by atoms with Crippen molar-refractivity contribution in [2.45, 2.75) is 12.5 Å². The molecular formula is C14H21ClN2O. The molecule has 1 unspecified atom stereocenters. The van der Waals surface area contributed by atoms with Crippen LogP contribution in [0.3, 0.4) is 0 Å². The van der Waals surface area contributed by atoms with E-state index in [2.05, 4.69) is 29.0 Å². The molecule has 0 aliphatic carbocycles. The summed E-state index contributed by atoms with van der Waals surface area (Å²) in [6, 6.07) is 8.73. The molecule has 1 aromatic rings. The van der Waals surface area contributed by atoms with Gasteiger partial charge in [-0.15, -0.1) is 0 Å². The molecule has 100 valence electrons. The van der Waals surface area contributed by atoms with E-state index in [0.29, 0.717) is 6.04 Å². The quantitative estimate of drug-likeness (QED) is 0.816. The number of rotatable bonds is 5. The molecule has 2 rings (SSSR count). The minimum Gasteiger partial charge on any atom is -0.383 e. The van der Waals surface area contributed by atoms with Gasteiger partial charge in [-0.25, -0.2) is 0 Å². The Morgan fingerprint density at radius 1 is 1.39 bits per heavy atom. The van der Waals surface area contributed by atoms with Gasteiger partial charge in [0.15, 0.2) is 0 Å². The van der Waals surface area contributed by atoms with Crippen molar-refractivity contribution in [3.05, 3.63) is 29.3 Å². The number of anilines is 1. The van der Waals surface area contributed by atoms with Gasteiger partial charge < -0.3 is 9.64 Å². The van der Waals surface area contributed by atoms with E-state index in [1.54, 1.807) is 7.11 Å². The third kappa shape index (κ3) is 3.37. The zero-order valence-corrected chi connectivity index (χ0v) is 11.9. The SMILES string of the molecule is COCCN(C)C1CCN(c2ccc(Cl)cc2)C1. The first-order valence-corrected chi connectivity index (χ1v) is 6.78. The van der Waals surface area contributed by atoms with Crippen molar-refractivity contribution < 1.29 is 4.74 Å². The van der Waals surface area contributed by atoms with E-state index < -0.39 is 0 Å². The Balaban J connectivity index is 1.89. The predicted octanol–water partition coefficient (Wildman–Crippen LogP) is 2.50. The van der Waals surface area contributed by atoms with Gasteiger partial charge in [-0.1, -0.05) is 11.6 Å². The van der Waals surface area contributed by atoms with Gasteiger partial charge in [-0.05, 0) is 37.7 Å². The number of benzene rings is 1. The van der Waals surface area contributed by atoms with E-state index in [4.69, 9.17) is 16.3 Å². The van der Waals surface area contributed by atoms with E-state index >= 15 is 0 Å². The summed E-state index contributed by atoms with van der Waals surface area (Å²) in [6.45, 7) is 4.00. The van der Waals surface area contributed by atoms with Crippen LogP contribution >= 0.6 is 11.6 Å². The van der Waals surface area contributed by atoms with Gasteiger partial charge in [-0.3, -0.25) is 4.90 Å². The van der Waals surface area contributed by atoms with Crippen LogP contribution in [-0.4, -0.2) is 51.3 Å². The maximum absolute atomic E-state index is 5.91. The maximum Gasteiger partial charge on any atom is 0.0589 e. The van der Waals surface area contributed by atoms with Crippen LogP contribution in [-0.2, 0) is 4.74 Å². The highest BCUT2D eigenvalue weighted by atomic mass is 35.5. The molecular weight excluding hydrogens is 248 g/mol. The molecule has 1 aromatic carbocycles. The van der Waals surface area contributed by atoms with Crippen LogP contribution in [0.5, 0.6) is 0 Å². The molecule has 1 aliphatic rings. The smallest absolute Gasteiger partial charge is 0.0589 e. The minimum atomic E-state index is 0.621. The van der Waals surface area contributed by atoms with Crippen molar-refractivity contribution in [1.29, 1.82) is 0 Å². The summed E-state index contributed by atoms with van der Waals surface area (Å²) >= 11 is 5.91. The lowest BCUT2D eigenvalue weighted by molar-refractivity contribution is 0.143. The van der Waals surface area contributed by atoms with Gasteiger partial charge in [0.25, 0.3) is 0 Å². The molecule has 4 heteroatoms. The minimum absolute atomic E-state index is 0.621. The number of ether oxygens (including phenoxy) is 1. The molecule has 18 heavy (non-hydrogen) atoms. The maximum atomic E-state index is 5.91. The lowest BCUT2D eigenvalue weighted by Gasteiger charge is -2.25. The summed E-state index contributed by atoms with van der Waals surface area (Å²) in [4.78, 5) is 4.81. The molecule has 1 atom stereocenters. The lowest BCUT2D eigenvalue weighted by atomic mass is 10.2. The normalized spacial score (nSPS) is 19.8. The first-order valence-electron chi connectivity index (χ1n) is 6.40. The molecule has 0 N–H and O–H groups in total. The van der Waals surface area contributed by atoms with Crippen molar-refractivity contribution in [3.63, 3.8) is 0 Å². The molecule has 1 saturated heterocycles. The van der Waals surface area contributed by atoms with Crippen molar-refractivity contribution in [1.82, 2.24) is 4.90 Å². The van der Waals surface area contributed by atoms with Gasteiger partial charge in [0.05, 0.1) is 6.61 Å². The Hall–Kier alpha value is -0.770. The van der Waals surface area contributed by atoms with Crippen molar-refractivity contribution in [3.8, 4) is 0 Å². The summed E-state index contributed by atoms with van der Waals surface area (Å²) in [5.74, 6) is 0. The molecule has 1 aliphatic heterocycles. The molecule has 0 spiro atoms. The summed E-state index contributed by atoms with van der Waals surface area (Å²) in [5, 5.41) is 0.798. The highest BCUT2D eigenvalue weighted by molar-refractivity contribution is 6.30. The highest BCUT2D eigenvalue weighted by Crippen LogP contribution is 2.23. The predicted molar refractivity (Wildman–Crippen MR) is 76.6 cm³/mol. The second-order valence-electron chi connectivity index (χ2n) is 4.84. The van der Waals surface area contributed by atoms with Crippen LogP contribution in [0.25, 0.3) is 0 Å². The second kappa shape index (κ2) is 6.41. The number of nitrogens with zero attached hydrogens (tertiary/aromatic N) is 2. The fourth-order valence-corrected chi connectivity index (χ4v) is 2.53. The molecule has 3 nitrogen and oxygen atoms in total. The number of halogens is 1. The number of methoxy groups -OCH3 is 1. The Kier molecular flexibility index (Phi) is 4.87. The van der Waals surface area contributed by atoms with E-state index in [1.807, 2.05) is 12.1 Å². The van der Waals surface area contributed by atoms with Crippen LogP contribution in [0, 0.1) is 0 Å². The fourth-order valence-electron chi connectivity index (χ4n) is 2.41. The standard InChI is InChI=1S/C14H21ClN2O/c1-16(9-10-18-2)14-7-8-17(11-14)13-5-3-12(15)4-6-13/h3-6,14H,7-11H2,1-2H3. The molecule has 0 amide bonds. The Morgan fingerprint density at radius 2 is 2.11 bits per heavy atom. The van der Waals surface area contributed by atoms with E-state index in [1.165, 1.54) is 12.1 Å². The highest BCUT2D eigenvalue weighted by Gasteiger charge is 2.25. The number of hydrogen-bond acceptors (Lipinski definition) is 3. The summed E-state index contributed by atoms with van der Waals surface area (Å²) in [7, 11) is 3.93. The van der Waals surface area contributed by atoms with Crippen LogP contribution in [0.2, 0.25) is 5.02 Å². The lowest BCUT2D eigenvalue weighted by Crippen LogP contribution is -2.36. The summed E-state index contributed by atoms with van der Waals surface area (Å²) in [6.07, 6.45) is 1.21. The van der Waals surface area contributed by atoms with Crippen molar-refractivity contribution in [2.75, 3.05) is 45.3 Å². The van der Waals surface area contributed by atoms with Gasteiger partial charge in [-0.2, -0.15) is 0 Å². The topological polar surface area (TPSA) is 15.7 Å². The zero-order valence-electron chi connectivity index (χ0n) is 11.1. The van der Waals surface area contributed by atoms with Crippen LogP contribution in [0.15, 0.2) is 24.3 Å². The zero-order chi connectivity index (χ0) is 13.0. The van der Waals surface area contributed by atoms with Crippen molar-refractivity contribution >= 4 is 17.3 Å². The third-order valence-corrected chi connectivity index (χ3v) is 3.88. The largest absolute Gasteiger partial charge is 0.383 e. The molecule has 0 radical (unpaired) electrons. The first kappa shape index (κ1) is 13.7. The average Bonchev–Trinajstić information content (AvgIpc) is 2.86. The Labute approximate surface area is 114 Å². The fraction of sp³-hybridized carbons (Fsp3) is 0.571. The monoisotopic (exact) mass is 268 g/mol. The molecule has 0 aromatic heterocycles. The molecule has 0 saturated carbocycles. The molecule has 1 fully saturated rings. The van der Waals surface area contributed by atoms with Gasteiger partial charge >= 0.3 is 0 Å². The van der Waals surface area contributed by atoms with E-state index in [9.17, 15) is 0 Å².